The van der Waals surface area contributed by atoms with Crippen molar-refractivity contribution in [2.24, 2.45) is 5.92 Å². The van der Waals surface area contributed by atoms with Gasteiger partial charge in [-0.1, -0.05) is 48.5 Å². The van der Waals surface area contributed by atoms with Crippen molar-refractivity contribution < 1.29 is 19.0 Å². The summed E-state index contributed by atoms with van der Waals surface area (Å²) in [6.07, 6.45) is 2.21. The van der Waals surface area contributed by atoms with Crippen LogP contribution >= 0.6 is 0 Å². The van der Waals surface area contributed by atoms with E-state index in [0.29, 0.717) is 13.0 Å². The molecule has 0 amide bonds. The van der Waals surface area contributed by atoms with E-state index >= 15 is 0 Å². The van der Waals surface area contributed by atoms with Gasteiger partial charge >= 0.3 is 5.97 Å². The largest absolute Gasteiger partial charge is 0.485 e. The van der Waals surface area contributed by atoms with E-state index in [4.69, 9.17) is 14.2 Å². The minimum absolute atomic E-state index is 0.113. The quantitative estimate of drug-likeness (QED) is 0.765. The zero-order valence-corrected chi connectivity index (χ0v) is 14.8. The van der Waals surface area contributed by atoms with Crippen LogP contribution in [-0.4, -0.2) is 24.8 Å². The lowest BCUT2D eigenvalue weighted by molar-refractivity contribution is -0.155. The van der Waals surface area contributed by atoms with Gasteiger partial charge in [0, 0.05) is 24.2 Å². The molecule has 2 aliphatic rings. The Morgan fingerprint density at radius 1 is 1.12 bits per heavy atom. The molecule has 0 unspecified atom stereocenters. The number of rotatable bonds is 5. The molecule has 0 saturated carbocycles. The average molecular weight is 350 g/mol. The molecule has 0 aromatic heterocycles. The molecule has 3 atom stereocenters. The number of hydrogen-bond acceptors (Lipinski definition) is 4. The van der Waals surface area contributed by atoms with Crippen LogP contribution in [0, 0.1) is 5.92 Å². The Labute approximate surface area is 153 Å². The summed E-state index contributed by atoms with van der Waals surface area (Å²) < 4.78 is 17.5. The first-order chi connectivity index (χ1) is 12.8. The highest BCUT2D eigenvalue weighted by Gasteiger charge is 2.42. The van der Waals surface area contributed by atoms with Gasteiger partial charge in [0.2, 0.25) is 0 Å². The highest BCUT2D eigenvalue weighted by molar-refractivity contribution is 5.82. The Kier molecular flexibility index (Phi) is 4.76. The summed E-state index contributed by atoms with van der Waals surface area (Å²) in [7, 11) is 0. The molecular formula is C22H22O4. The number of hydrogen-bond donors (Lipinski definition) is 0. The zero-order valence-electron chi connectivity index (χ0n) is 14.8. The second kappa shape index (κ2) is 7.34. The molecule has 0 N–H and O–H groups in total. The maximum atomic E-state index is 12.7. The minimum Gasteiger partial charge on any atom is -0.485 e. The molecule has 26 heavy (non-hydrogen) atoms. The number of ether oxygens (including phenoxy) is 3. The summed E-state index contributed by atoms with van der Waals surface area (Å²) in [5.41, 5.74) is 3.19. The molecular weight excluding hydrogens is 328 g/mol. The second-order valence-electron chi connectivity index (χ2n) is 6.58. The molecule has 1 heterocycles. The molecule has 0 bridgehead atoms. The van der Waals surface area contributed by atoms with Gasteiger partial charge in [-0.15, -0.1) is 0 Å². The number of fused-ring (bicyclic) bond motifs is 3. The van der Waals surface area contributed by atoms with E-state index in [1.165, 1.54) is 0 Å². The van der Waals surface area contributed by atoms with Crippen molar-refractivity contribution in [3.05, 3.63) is 71.8 Å². The first-order valence-corrected chi connectivity index (χ1v) is 9.06. The SMILES string of the molecule is CCO[C@@H]1C=C2c3ccccc3O[C@@H]2C[C@H]1C(=O)OCc1ccccc1. The molecule has 1 aliphatic heterocycles. The van der Waals surface area contributed by atoms with Crippen LogP contribution in [0.1, 0.15) is 24.5 Å². The lowest BCUT2D eigenvalue weighted by Gasteiger charge is -2.30. The maximum Gasteiger partial charge on any atom is 0.312 e. The van der Waals surface area contributed by atoms with Crippen molar-refractivity contribution in [3.8, 4) is 5.75 Å². The predicted molar refractivity (Wildman–Crippen MR) is 98.6 cm³/mol. The van der Waals surface area contributed by atoms with Gasteiger partial charge in [-0.2, -0.15) is 0 Å². The molecule has 1 aliphatic carbocycles. The normalized spacial score (nSPS) is 23.4. The molecule has 0 radical (unpaired) electrons. The summed E-state index contributed by atoms with van der Waals surface area (Å²) in [6.45, 7) is 2.76. The molecule has 0 fully saturated rings. The third-order valence-electron chi connectivity index (χ3n) is 4.91. The maximum absolute atomic E-state index is 12.7. The van der Waals surface area contributed by atoms with Gasteiger partial charge in [-0.05, 0) is 24.6 Å². The highest BCUT2D eigenvalue weighted by atomic mass is 16.5. The number of para-hydroxylation sites is 1. The molecule has 0 spiro atoms. The van der Waals surface area contributed by atoms with Crippen molar-refractivity contribution in [2.75, 3.05) is 6.61 Å². The summed E-state index contributed by atoms with van der Waals surface area (Å²) in [5, 5.41) is 0. The Morgan fingerprint density at radius 3 is 2.69 bits per heavy atom. The van der Waals surface area contributed by atoms with Crippen LogP contribution in [0.5, 0.6) is 5.75 Å². The Hall–Kier alpha value is -2.59. The van der Waals surface area contributed by atoms with Gasteiger partial charge in [0.25, 0.3) is 0 Å². The average Bonchev–Trinajstić information content (AvgIpc) is 3.04. The summed E-state index contributed by atoms with van der Waals surface area (Å²) >= 11 is 0. The van der Waals surface area contributed by atoms with Gasteiger partial charge in [0.1, 0.15) is 18.5 Å². The smallest absolute Gasteiger partial charge is 0.312 e. The van der Waals surface area contributed by atoms with Crippen molar-refractivity contribution in [1.82, 2.24) is 0 Å². The Balaban J connectivity index is 1.51. The van der Waals surface area contributed by atoms with E-state index in [2.05, 4.69) is 6.07 Å². The van der Waals surface area contributed by atoms with E-state index < -0.39 is 0 Å². The fourth-order valence-electron chi connectivity index (χ4n) is 3.65. The van der Waals surface area contributed by atoms with Gasteiger partial charge in [-0.25, -0.2) is 0 Å². The molecule has 2 aromatic carbocycles. The van der Waals surface area contributed by atoms with Gasteiger partial charge in [0.05, 0.1) is 12.0 Å². The van der Waals surface area contributed by atoms with Gasteiger partial charge in [-0.3, -0.25) is 4.79 Å². The van der Waals surface area contributed by atoms with Crippen molar-refractivity contribution in [3.63, 3.8) is 0 Å². The van der Waals surface area contributed by atoms with Crippen LogP contribution in [0.25, 0.3) is 5.57 Å². The van der Waals surface area contributed by atoms with E-state index in [-0.39, 0.29) is 30.7 Å². The topological polar surface area (TPSA) is 44.8 Å². The summed E-state index contributed by atoms with van der Waals surface area (Å²) in [5.74, 6) is 0.279. The highest BCUT2D eigenvalue weighted by Crippen LogP contribution is 2.44. The van der Waals surface area contributed by atoms with Crippen molar-refractivity contribution in [1.29, 1.82) is 0 Å². The number of esters is 1. The number of carbonyl (C=O) groups is 1. The van der Waals surface area contributed by atoms with Crippen LogP contribution in [0.15, 0.2) is 60.7 Å². The van der Waals surface area contributed by atoms with E-state index in [9.17, 15) is 4.79 Å². The van der Waals surface area contributed by atoms with Crippen LogP contribution in [0.4, 0.5) is 0 Å². The van der Waals surface area contributed by atoms with E-state index in [1.54, 1.807) is 0 Å². The van der Waals surface area contributed by atoms with Crippen molar-refractivity contribution >= 4 is 11.5 Å². The third-order valence-corrected chi connectivity index (χ3v) is 4.91. The van der Waals surface area contributed by atoms with Crippen molar-refractivity contribution in [2.45, 2.75) is 32.2 Å². The lowest BCUT2D eigenvalue weighted by atomic mass is 9.83. The van der Waals surface area contributed by atoms with Crippen LogP contribution in [-0.2, 0) is 20.9 Å². The zero-order chi connectivity index (χ0) is 17.9. The second-order valence-corrected chi connectivity index (χ2v) is 6.58. The lowest BCUT2D eigenvalue weighted by Crippen LogP contribution is -2.38. The number of carbonyl (C=O) groups excluding carboxylic acids is 1. The fourth-order valence-corrected chi connectivity index (χ4v) is 3.65. The molecule has 4 rings (SSSR count). The van der Waals surface area contributed by atoms with Crippen LogP contribution in [0.2, 0.25) is 0 Å². The Morgan fingerprint density at radius 2 is 1.88 bits per heavy atom. The standard InChI is InChI=1S/C22H22O4/c1-2-24-20-12-17-16-10-6-7-11-19(16)26-21(17)13-18(20)22(23)25-14-15-8-4-3-5-9-15/h3-12,18,20-21H,2,13-14H2,1H3/t18-,20-,21-/m1/s1. The molecule has 2 aromatic rings. The predicted octanol–water partition coefficient (Wildman–Crippen LogP) is 4.00. The molecule has 0 saturated heterocycles. The Bertz CT molecular complexity index is 812. The first kappa shape index (κ1) is 16.9. The molecule has 134 valence electrons. The van der Waals surface area contributed by atoms with E-state index in [1.807, 2.05) is 61.5 Å². The third kappa shape index (κ3) is 3.25. The summed E-state index contributed by atoms with van der Waals surface area (Å²) in [6, 6.07) is 17.7. The molecule has 4 nitrogen and oxygen atoms in total. The first-order valence-electron chi connectivity index (χ1n) is 9.06. The van der Waals surface area contributed by atoms with Gasteiger partial charge in [0.15, 0.2) is 0 Å². The van der Waals surface area contributed by atoms with Gasteiger partial charge < -0.3 is 14.2 Å². The van der Waals surface area contributed by atoms with Crippen LogP contribution in [0.3, 0.4) is 0 Å². The van der Waals surface area contributed by atoms with E-state index in [0.717, 1.165) is 22.4 Å². The summed E-state index contributed by atoms with van der Waals surface area (Å²) in [4.78, 5) is 12.7. The molecule has 4 heteroatoms. The minimum atomic E-state index is -0.360. The number of benzene rings is 2. The monoisotopic (exact) mass is 350 g/mol. The van der Waals surface area contributed by atoms with Crippen LogP contribution < -0.4 is 4.74 Å². The fraction of sp³-hybridized carbons (Fsp3) is 0.318.